The Morgan fingerprint density at radius 3 is 2.65 bits per heavy atom. The highest BCUT2D eigenvalue weighted by Crippen LogP contribution is 2.17. The van der Waals surface area contributed by atoms with E-state index in [2.05, 4.69) is 10.6 Å². The average Bonchev–Trinajstić information content (AvgIpc) is 2.68. The molecule has 2 saturated heterocycles. The van der Waals surface area contributed by atoms with Crippen molar-refractivity contribution in [3.8, 4) is 0 Å². The number of hydrogen-bond acceptors (Lipinski definition) is 5. The Morgan fingerprint density at radius 1 is 1.23 bits per heavy atom. The lowest BCUT2D eigenvalue weighted by Gasteiger charge is -2.26. The molecule has 0 aliphatic carbocycles. The van der Waals surface area contributed by atoms with Gasteiger partial charge in [-0.15, -0.1) is 0 Å². The van der Waals surface area contributed by atoms with Crippen molar-refractivity contribution in [3.05, 3.63) is 35.4 Å². The zero-order valence-corrected chi connectivity index (χ0v) is 15.8. The van der Waals surface area contributed by atoms with Crippen molar-refractivity contribution >= 4 is 15.9 Å². The molecule has 1 amide bonds. The summed E-state index contributed by atoms with van der Waals surface area (Å²) in [6, 6.07) is 7.40. The summed E-state index contributed by atoms with van der Waals surface area (Å²) in [5.74, 6) is -0.0275. The molecule has 1 unspecified atom stereocenters. The van der Waals surface area contributed by atoms with Crippen LogP contribution in [0.1, 0.15) is 24.0 Å². The van der Waals surface area contributed by atoms with Crippen LogP contribution in [-0.4, -0.2) is 58.0 Å². The fraction of sp³-hybridized carbons (Fsp3) is 0.611. The number of amides is 1. The van der Waals surface area contributed by atoms with E-state index in [1.165, 1.54) is 4.31 Å². The van der Waals surface area contributed by atoms with Crippen LogP contribution < -0.4 is 10.6 Å². The molecule has 144 valence electrons. The van der Waals surface area contributed by atoms with Gasteiger partial charge in [0.1, 0.15) is 0 Å². The molecule has 2 N–H and O–H groups in total. The summed E-state index contributed by atoms with van der Waals surface area (Å²) in [4.78, 5) is 12.3. The molecule has 0 bridgehead atoms. The van der Waals surface area contributed by atoms with Gasteiger partial charge in [0.05, 0.1) is 24.9 Å². The van der Waals surface area contributed by atoms with Crippen molar-refractivity contribution in [1.29, 1.82) is 0 Å². The molecule has 7 nitrogen and oxygen atoms in total. The zero-order valence-electron chi connectivity index (χ0n) is 14.9. The van der Waals surface area contributed by atoms with E-state index in [4.69, 9.17) is 4.74 Å². The normalized spacial score (nSPS) is 22.1. The molecule has 1 aromatic rings. The Labute approximate surface area is 155 Å². The Kier molecular flexibility index (Phi) is 6.63. The van der Waals surface area contributed by atoms with Gasteiger partial charge in [-0.1, -0.05) is 24.3 Å². The van der Waals surface area contributed by atoms with E-state index in [1.54, 1.807) is 0 Å². The van der Waals surface area contributed by atoms with Crippen LogP contribution >= 0.6 is 0 Å². The lowest BCUT2D eigenvalue weighted by Crippen LogP contribution is -2.41. The van der Waals surface area contributed by atoms with Crippen molar-refractivity contribution in [2.75, 3.05) is 39.4 Å². The van der Waals surface area contributed by atoms with Crippen LogP contribution in [0.15, 0.2) is 24.3 Å². The molecule has 8 heteroatoms. The summed E-state index contributed by atoms with van der Waals surface area (Å²) < 4.78 is 32.1. The van der Waals surface area contributed by atoms with Gasteiger partial charge in [0.25, 0.3) is 0 Å². The maximum Gasteiger partial charge on any atom is 0.224 e. The predicted octanol–water partition coefficient (Wildman–Crippen LogP) is 0.464. The van der Waals surface area contributed by atoms with E-state index in [0.29, 0.717) is 39.4 Å². The number of benzene rings is 1. The van der Waals surface area contributed by atoms with Gasteiger partial charge in [0.2, 0.25) is 15.9 Å². The van der Waals surface area contributed by atoms with Crippen LogP contribution in [0, 0.1) is 5.92 Å². The highest BCUT2D eigenvalue weighted by molar-refractivity contribution is 7.88. The summed E-state index contributed by atoms with van der Waals surface area (Å²) in [5, 5.41) is 6.20. The number of nitrogens with zero attached hydrogens (tertiary/aromatic N) is 1. The van der Waals surface area contributed by atoms with Crippen LogP contribution in [0.4, 0.5) is 0 Å². The molecular formula is C18H27N3O4S. The van der Waals surface area contributed by atoms with Gasteiger partial charge in [-0.25, -0.2) is 8.42 Å². The number of sulfonamides is 1. The molecule has 0 radical (unpaired) electrons. The fourth-order valence-corrected chi connectivity index (χ4v) is 4.95. The second kappa shape index (κ2) is 8.94. The van der Waals surface area contributed by atoms with Crippen LogP contribution in [0.25, 0.3) is 0 Å². The minimum atomic E-state index is -3.39. The number of piperidine rings is 1. The van der Waals surface area contributed by atoms with E-state index in [1.807, 2.05) is 24.3 Å². The third kappa shape index (κ3) is 5.03. The number of nitrogens with one attached hydrogen (secondary N) is 2. The summed E-state index contributed by atoms with van der Waals surface area (Å²) in [5.41, 5.74) is 1.59. The van der Waals surface area contributed by atoms with Crippen molar-refractivity contribution in [2.45, 2.75) is 25.1 Å². The van der Waals surface area contributed by atoms with Crippen molar-refractivity contribution in [1.82, 2.24) is 14.9 Å². The van der Waals surface area contributed by atoms with Crippen molar-refractivity contribution in [2.24, 2.45) is 5.92 Å². The van der Waals surface area contributed by atoms with E-state index in [-0.39, 0.29) is 17.6 Å². The second-order valence-corrected chi connectivity index (χ2v) is 8.77. The third-order valence-electron chi connectivity index (χ3n) is 4.94. The summed E-state index contributed by atoms with van der Waals surface area (Å²) in [7, 11) is -3.39. The zero-order chi connectivity index (χ0) is 18.4. The molecule has 2 aliphatic heterocycles. The Bertz CT molecular complexity index is 711. The Morgan fingerprint density at radius 2 is 1.96 bits per heavy atom. The Balaban J connectivity index is 1.63. The first-order valence-corrected chi connectivity index (χ1v) is 10.8. The van der Waals surface area contributed by atoms with E-state index in [0.717, 1.165) is 30.5 Å². The van der Waals surface area contributed by atoms with Crippen molar-refractivity contribution in [3.63, 3.8) is 0 Å². The van der Waals surface area contributed by atoms with Gasteiger partial charge < -0.3 is 15.4 Å². The van der Waals surface area contributed by atoms with Crippen LogP contribution in [0.5, 0.6) is 0 Å². The summed E-state index contributed by atoms with van der Waals surface area (Å²) >= 11 is 0. The van der Waals surface area contributed by atoms with E-state index in [9.17, 15) is 13.2 Å². The highest BCUT2D eigenvalue weighted by atomic mass is 32.2. The van der Waals surface area contributed by atoms with Gasteiger partial charge in [-0.2, -0.15) is 4.31 Å². The number of carbonyl (C=O) groups is 1. The Hall–Kier alpha value is -1.48. The fourth-order valence-electron chi connectivity index (χ4n) is 3.39. The number of hydrogen-bond donors (Lipinski definition) is 2. The number of morpholine rings is 1. The van der Waals surface area contributed by atoms with Crippen LogP contribution in [0.2, 0.25) is 0 Å². The molecule has 3 rings (SSSR count). The van der Waals surface area contributed by atoms with Crippen molar-refractivity contribution < 1.29 is 17.9 Å². The van der Waals surface area contributed by atoms with E-state index < -0.39 is 10.0 Å². The third-order valence-corrected chi connectivity index (χ3v) is 6.77. The average molecular weight is 381 g/mol. The lowest BCUT2D eigenvalue weighted by molar-refractivity contribution is -0.125. The molecule has 2 heterocycles. The molecule has 2 fully saturated rings. The number of carbonyl (C=O) groups excluding carboxylic acids is 1. The first kappa shape index (κ1) is 19.3. The SMILES string of the molecule is O=C(NCc1ccccc1CS(=O)(=O)N1CCOCC1)C1CCCNC1. The van der Waals surface area contributed by atoms with Crippen LogP contribution in [0.3, 0.4) is 0 Å². The van der Waals surface area contributed by atoms with Gasteiger partial charge in [0.15, 0.2) is 0 Å². The first-order valence-electron chi connectivity index (χ1n) is 9.17. The number of rotatable bonds is 6. The maximum atomic E-state index is 12.7. The molecule has 2 aliphatic rings. The summed E-state index contributed by atoms with van der Waals surface area (Å²) in [6.45, 7) is 3.69. The molecule has 26 heavy (non-hydrogen) atoms. The van der Waals surface area contributed by atoms with Gasteiger partial charge >= 0.3 is 0 Å². The highest BCUT2D eigenvalue weighted by Gasteiger charge is 2.26. The first-order chi connectivity index (χ1) is 12.6. The molecule has 0 aromatic heterocycles. The molecule has 1 atom stereocenters. The number of ether oxygens (including phenoxy) is 1. The minimum Gasteiger partial charge on any atom is -0.379 e. The van der Waals surface area contributed by atoms with E-state index >= 15 is 0 Å². The second-order valence-electron chi connectivity index (χ2n) is 6.80. The largest absolute Gasteiger partial charge is 0.379 e. The quantitative estimate of drug-likeness (QED) is 0.748. The van der Waals surface area contributed by atoms with Gasteiger partial charge in [0, 0.05) is 26.2 Å². The summed E-state index contributed by atoms with van der Waals surface area (Å²) in [6.07, 6.45) is 1.90. The monoisotopic (exact) mass is 381 g/mol. The molecule has 0 spiro atoms. The lowest BCUT2D eigenvalue weighted by atomic mass is 9.98. The van der Waals surface area contributed by atoms with Gasteiger partial charge in [-0.3, -0.25) is 4.79 Å². The smallest absolute Gasteiger partial charge is 0.224 e. The molecular weight excluding hydrogens is 354 g/mol. The molecule has 0 saturated carbocycles. The molecule has 1 aromatic carbocycles. The minimum absolute atomic E-state index is 0.00649. The maximum absolute atomic E-state index is 12.7. The topological polar surface area (TPSA) is 87.7 Å². The standard InChI is InChI=1S/C18H27N3O4S/c22-18(16-6-3-7-19-12-16)20-13-15-4-1-2-5-17(15)14-26(23,24)21-8-10-25-11-9-21/h1-2,4-5,16,19H,3,6-14H2,(H,20,22). The predicted molar refractivity (Wildman–Crippen MR) is 98.9 cm³/mol. The van der Waals surface area contributed by atoms with Crippen LogP contribution in [-0.2, 0) is 31.9 Å². The van der Waals surface area contributed by atoms with Gasteiger partial charge in [-0.05, 0) is 30.5 Å².